The Bertz CT molecular complexity index is 838. The van der Waals surface area contributed by atoms with Gasteiger partial charge in [0.2, 0.25) is 0 Å². The van der Waals surface area contributed by atoms with Gasteiger partial charge in [0.15, 0.2) is 0 Å². The van der Waals surface area contributed by atoms with Crippen LogP contribution in [0.1, 0.15) is 29.8 Å². The molecule has 3 rings (SSSR count). The molecule has 2 aromatic rings. The van der Waals surface area contributed by atoms with Crippen LogP contribution in [0.2, 0.25) is 0 Å². The van der Waals surface area contributed by atoms with Gasteiger partial charge in [0.25, 0.3) is 11.8 Å². The fraction of sp³-hybridized carbons (Fsp3) is 0.286. The van der Waals surface area contributed by atoms with Crippen molar-refractivity contribution in [2.45, 2.75) is 31.1 Å². The maximum Gasteiger partial charge on any atom is 0.252 e. The summed E-state index contributed by atoms with van der Waals surface area (Å²) in [7, 11) is 0. The van der Waals surface area contributed by atoms with Gasteiger partial charge in [-0.05, 0) is 38.0 Å². The Hall–Kier alpha value is -2.18. The van der Waals surface area contributed by atoms with Gasteiger partial charge >= 0.3 is 0 Å². The van der Waals surface area contributed by atoms with Gasteiger partial charge in [-0.3, -0.25) is 14.5 Å². The molecule has 140 valence electrons. The van der Waals surface area contributed by atoms with Crippen molar-refractivity contribution >= 4 is 40.1 Å². The Morgan fingerprint density at radius 3 is 2.33 bits per heavy atom. The molecule has 1 N–H and O–H groups in total. The molecule has 0 bridgehead atoms. The Balaban J connectivity index is 1.74. The second-order valence-electron chi connectivity index (χ2n) is 6.97. The molecule has 4 nitrogen and oxygen atoms in total. The third-order valence-corrected chi connectivity index (χ3v) is 6.18. The van der Waals surface area contributed by atoms with E-state index in [2.05, 4.69) is 5.32 Å². The molecule has 1 fully saturated rings. The second kappa shape index (κ2) is 8.23. The quantitative estimate of drug-likeness (QED) is 0.781. The molecule has 2 aromatic carbocycles. The molecule has 1 heterocycles. The number of thioether (sulfide) groups is 1. The number of benzene rings is 2. The van der Waals surface area contributed by atoms with E-state index >= 15 is 0 Å². The van der Waals surface area contributed by atoms with E-state index in [1.165, 1.54) is 11.8 Å². The number of nitrogens with one attached hydrogen (secondary N) is 1. The smallest absolute Gasteiger partial charge is 0.252 e. The van der Waals surface area contributed by atoms with Gasteiger partial charge in [0, 0.05) is 16.9 Å². The number of nitrogens with zero attached hydrogens (tertiary/aromatic N) is 1. The largest absolute Gasteiger partial charge is 0.339 e. The molecule has 0 saturated carbocycles. The number of hydrogen-bond acceptors (Lipinski definition) is 4. The molecule has 1 unspecified atom stereocenters. The molecule has 1 aliphatic rings. The summed E-state index contributed by atoms with van der Waals surface area (Å²) < 4.78 is 0.0492. The van der Waals surface area contributed by atoms with Crippen molar-refractivity contribution in [2.75, 3.05) is 6.54 Å². The minimum absolute atomic E-state index is 0.149. The maximum absolute atomic E-state index is 13.1. The topological polar surface area (TPSA) is 49.4 Å². The highest BCUT2D eigenvalue weighted by Crippen LogP contribution is 2.36. The predicted molar refractivity (Wildman–Crippen MR) is 114 cm³/mol. The maximum atomic E-state index is 13.1. The number of hydrogen-bond donors (Lipinski definition) is 1. The zero-order chi connectivity index (χ0) is 19.4. The van der Waals surface area contributed by atoms with Crippen LogP contribution >= 0.6 is 24.0 Å². The zero-order valence-corrected chi connectivity index (χ0v) is 17.0. The third kappa shape index (κ3) is 4.57. The Morgan fingerprint density at radius 1 is 1.11 bits per heavy atom. The molecule has 0 radical (unpaired) electrons. The molecule has 0 spiro atoms. The van der Waals surface area contributed by atoms with Crippen molar-refractivity contribution in [3.05, 3.63) is 71.8 Å². The van der Waals surface area contributed by atoms with Crippen molar-refractivity contribution in [1.82, 2.24) is 10.2 Å². The first kappa shape index (κ1) is 19.6. The molecule has 1 aliphatic heterocycles. The second-order valence-corrected chi connectivity index (χ2v) is 9.26. The Labute approximate surface area is 169 Å². The lowest BCUT2D eigenvalue weighted by molar-refractivity contribution is -0.130. The first-order chi connectivity index (χ1) is 12.9. The lowest BCUT2D eigenvalue weighted by Crippen LogP contribution is -2.62. The zero-order valence-electron chi connectivity index (χ0n) is 15.3. The summed E-state index contributed by atoms with van der Waals surface area (Å²) in [5.41, 5.74) is 1.68. The van der Waals surface area contributed by atoms with Crippen LogP contribution in [0.5, 0.6) is 0 Å². The number of carbonyl (C=O) groups is 2. The molecular formula is C21H22N2O2S2. The molecule has 27 heavy (non-hydrogen) atoms. The average molecular weight is 399 g/mol. The highest BCUT2D eigenvalue weighted by molar-refractivity contribution is 8.24. The fourth-order valence-electron chi connectivity index (χ4n) is 3.01. The van der Waals surface area contributed by atoms with Crippen molar-refractivity contribution in [3.8, 4) is 0 Å². The van der Waals surface area contributed by atoms with Gasteiger partial charge < -0.3 is 5.32 Å². The Morgan fingerprint density at radius 2 is 1.70 bits per heavy atom. The van der Waals surface area contributed by atoms with Crippen molar-refractivity contribution in [1.29, 1.82) is 0 Å². The van der Waals surface area contributed by atoms with E-state index in [1.807, 2.05) is 50.2 Å². The van der Waals surface area contributed by atoms with Gasteiger partial charge in [-0.25, -0.2) is 0 Å². The number of thiocarbonyl (C=S) groups is 1. The number of rotatable bonds is 5. The minimum atomic E-state index is -0.641. The number of amides is 2. The molecular weight excluding hydrogens is 376 g/mol. The van der Waals surface area contributed by atoms with Crippen molar-refractivity contribution < 1.29 is 9.59 Å². The van der Waals surface area contributed by atoms with Gasteiger partial charge in [-0.1, -0.05) is 72.5 Å². The summed E-state index contributed by atoms with van der Waals surface area (Å²) in [4.78, 5) is 27.4. The lowest BCUT2D eigenvalue weighted by atomic mass is 10.00. The van der Waals surface area contributed by atoms with Gasteiger partial charge in [0.1, 0.15) is 10.4 Å². The average Bonchev–Trinajstić information content (AvgIpc) is 2.66. The van der Waals surface area contributed by atoms with E-state index in [4.69, 9.17) is 12.2 Å². The highest BCUT2D eigenvalue weighted by Gasteiger charge is 2.46. The van der Waals surface area contributed by atoms with E-state index in [9.17, 15) is 9.59 Å². The predicted octanol–water partition coefficient (Wildman–Crippen LogP) is 3.67. The van der Waals surface area contributed by atoms with Crippen LogP contribution in [0.15, 0.2) is 60.7 Å². The minimum Gasteiger partial charge on any atom is -0.339 e. The van der Waals surface area contributed by atoms with Crippen LogP contribution in [-0.4, -0.2) is 38.4 Å². The first-order valence-corrected chi connectivity index (χ1v) is 10.0. The summed E-state index contributed by atoms with van der Waals surface area (Å²) in [5, 5.41) is 2.91. The van der Waals surface area contributed by atoms with Crippen LogP contribution in [0.3, 0.4) is 0 Å². The summed E-state index contributed by atoms with van der Waals surface area (Å²) in [6.45, 7) is 4.38. The normalized spacial score (nSPS) is 19.0. The molecule has 0 aliphatic carbocycles. The van der Waals surface area contributed by atoms with Crippen LogP contribution in [0.25, 0.3) is 0 Å². The van der Waals surface area contributed by atoms with E-state index in [1.54, 1.807) is 29.2 Å². The standard InChI is InChI=1S/C21H22N2O2S2/c1-21(2)17(22-18(24)16-11-7-4-8-12-16)19(25)23(20(26)27-21)14-13-15-9-5-3-6-10-15/h3-12,17H,13-14H2,1-2H3,(H,22,24). The van der Waals surface area contributed by atoms with Gasteiger partial charge in [-0.2, -0.15) is 0 Å². The van der Waals surface area contributed by atoms with E-state index in [0.717, 1.165) is 5.56 Å². The third-order valence-electron chi connectivity index (χ3n) is 4.56. The van der Waals surface area contributed by atoms with Crippen LogP contribution in [-0.2, 0) is 11.2 Å². The molecule has 6 heteroatoms. The molecule has 0 aromatic heterocycles. The van der Waals surface area contributed by atoms with Crippen LogP contribution in [0, 0.1) is 0 Å². The fourth-order valence-corrected chi connectivity index (χ4v) is 4.85. The van der Waals surface area contributed by atoms with E-state index in [-0.39, 0.29) is 11.8 Å². The summed E-state index contributed by atoms with van der Waals surface area (Å²) >= 11 is 6.94. The van der Waals surface area contributed by atoms with E-state index in [0.29, 0.717) is 22.8 Å². The van der Waals surface area contributed by atoms with Crippen molar-refractivity contribution in [3.63, 3.8) is 0 Å². The van der Waals surface area contributed by atoms with Crippen molar-refractivity contribution in [2.24, 2.45) is 0 Å². The van der Waals surface area contributed by atoms with E-state index < -0.39 is 10.8 Å². The first-order valence-electron chi connectivity index (χ1n) is 8.83. The summed E-state index contributed by atoms with van der Waals surface area (Å²) in [6.07, 6.45) is 0.715. The van der Waals surface area contributed by atoms with Gasteiger partial charge in [-0.15, -0.1) is 0 Å². The SMILES string of the molecule is CC1(C)SC(=S)N(CCc2ccccc2)C(=O)C1NC(=O)c1ccccc1. The summed E-state index contributed by atoms with van der Waals surface area (Å²) in [6, 6.07) is 18.3. The molecule has 1 saturated heterocycles. The molecule has 1 atom stereocenters. The summed E-state index contributed by atoms with van der Waals surface area (Å²) in [5.74, 6) is -0.401. The molecule has 2 amide bonds. The Kier molecular flexibility index (Phi) is 5.97. The lowest BCUT2D eigenvalue weighted by Gasteiger charge is -2.42. The van der Waals surface area contributed by atoms with Gasteiger partial charge in [0.05, 0.1) is 0 Å². The number of carbonyl (C=O) groups excluding carboxylic acids is 2. The van der Waals surface area contributed by atoms with Crippen LogP contribution < -0.4 is 5.32 Å². The monoisotopic (exact) mass is 398 g/mol. The van der Waals surface area contributed by atoms with Crippen LogP contribution in [0.4, 0.5) is 0 Å². The highest BCUT2D eigenvalue weighted by atomic mass is 32.2.